The second-order valence-corrected chi connectivity index (χ2v) is 25.2. The van der Waals surface area contributed by atoms with Crippen LogP contribution in [0, 0.1) is 0 Å². The smallest absolute Gasteiger partial charge is 0.460 e. The van der Waals surface area contributed by atoms with Gasteiger partial charge in [-0.25, -0.2) is 18.8 Å². The van der Waals surface area contributed by atoms with Crippen molar-refractivity contribution in [1.82, 2.24) is 5.32 Å². The highest BCUT2D eigenvalue weighted by Crippen LogP contribution is 2.43. The predicted molar refractivity (Wildman–Crippen MR) is 197 cm³/mol. The van der Waals surface area contributed by atoms with E-state index in [-0.39, 0.29) is 59.0 Å². The molecule has 1 heterocycles. The van der Waals surface area contributed by atoms with Crippen molar-refractivity contribution in [3.05, 3.63) is 38.0 Å². The molecule has 1 saturated heterocycles. The summed E-state index contributed by atoms with van der Waals surface area (Å²) in [5.41, 5.74) is 0. The highest BCUT2D eigenvalue weighted by Gasteiger charge is 2.65. The van der Waals surface area contributed by atoms with Crippen molar-refractivity contribution >= 4 is 58.8 Å². The van der Waals surface area contributed by atoms with Gasteiger partial charge < -0.3 is 54.0 Å². The molecule has 1 amide bonds. The van der Waals surface area contributed by atoms with Gasteiger partial charge >= 0.3 is 77.2 Å². The number of alkyl halides is 10. The van der Waals surface area contributed by atoms with Gasteiger partial charge in [0.25, 0.3) is 11.8 Å². The van der Waals surface area contributed by atoms with E-state index in [1.54, 1.807) is 0 Å². The molecule has 31 heteroatoms. The molecule has 1 N–H and O–H groups in total. The first-order chi connectivity index (χ1) is 28.2. The van der Waals surface area contributed by atoms with Crippen LogP contribution in [0.25, 0.3) is 0 Å². The summed E-state index contributed by atoms with van der Waals surface area (Å²) in [6, 6.07) is -0.195. The minimum absolute atomic E-state index is 0.159. The molecular formula is C31H47F10NO16Si4. The number of rotatable bonds is 26. The zero-order valence-corrected chi connectivity index (χ0v) is 37.9. The van der Waals surface area contributed by atoms with Crippen molar-refractivity contribution in [2.75, 3.05) is 52.8 Å². The molecule has 1 fully saturated rings. The lowest BCUT2D eigenvalue weighted by molar-refractivity contribution is -0.434. The lowest BCUT2D eigenvalue weighted by Crippen LogP contribution is -2.70. The van der Waals surface area contributed by atoms with Crippen LogP contribution in [-0.2, 0) is 72.6 Å². The minimum atomic E-state index is -6.50. The Morgan fingerprint density at radius 1 is 0.629 bits per heavy atom. The molecule has 0 aromatic heterocycles. The van der Waals surface area contributed by atoms with Crippen molar-refractivity contribution in [3.8, 4) is 0 Å². The summed E-state index contributed by atoms with van der Waals surface area (Å²) in [4.78, 5) is 47.4. The number of hydrogen-bond donors (Lipinski definition) is 1. The third-order valence-electron chi connectivity index (χ3n) is 7.29. The van der Waals surface area contributed by atoms with Crippen molar-refractivity contribution in [1.29, 1.82) is 0 Å². The monoisotopic (exact) mass is 991 g/mol. The van der Waals surface area contributed by atoms with Crippen LogP contribution in [0.4, 0.5) is 43.9 Å². The van der Waals surface area contributed by atoms with Gasteiger partial charge in [0.05, 0.1) is 19.8 Å². The number of nitrogens with one attached hydrogen (secondary N) is 1. The maximum Gasteiger partial charge on any atom is 0.483 e. The average molecular weight is 992 g/mol. The summed E-state index contributed by atoms with van der Waals surface area (Å²) in [6.07, 6.45) is -19.0. The lowest BCUT2D eigenvalue weighted by atomic mass is 10.2. The number of halogens is 10. The predicted octanol–water partition coefficient (Wildman–Crippen LogP) is 5.08. The average Bonchev–Trinajstić information content (AvgIpc) is 3.11. The fourth-order valence-corrected chi connectivity index (χ4v) is 23.1. The molecule has 4 atom stereocenters. The molecule has 1 rings (SSSR count). The van der Waals surface area contributed by atoms with Crippen LogP contribution in [0.3, 0.4) is 0 Å². The number of hydrogen-bond acceptors (Lipinski definition) is 16. The summed E-state index contributed by atoms with van der Waals surface area (Å²) >= 11 is 0. The first kappa shape index (κ1) is 56.9. The molecular weight excluding hydrogens is 945 g/mol. The lowest BCUT2D eigenvalue weighted by Gasteiger charge is -2.47. The number of ether oxygens (including phenoxy) is 5. The fourth-order valence-electron chi connectivity index (χ4n) is 4.84. The summed E-state index contributed by atoms with van der Waals surface area (Å²) in [7, 11) is -16.1. The zero-order valence-electron chi connectivity index (χ0n) is 33.9. The molecule has 0 aromatic rings. The number of carbonyl (C=O) groups is 4. The molecule has 1 aliphatic heterocycles. The van der Waals surface area contributed by atoms with Gasteiger partial charge in [-0.05, 0) is 19.0 Å². The Morgan fingerprint density at radius 3 is 1.37 bits per heavy atom. The molecule has 1 aliphatic rings. The SMILES string of the molecule is C=CC(=O)OCCO[Si]1(C)O[Si](C)(CCCNC(=O)C(C)(F)OCC(F)(OC(F)(F)CC(F)(F)F)C(F)(F)F)O[Si](C)(OCCOC(=O)C=C)O[Si](C)(OCCOC(=O)C=C)O1. The largest absolute Gasteiger partial charge is 0.483 e. The van der Waals surface area contributed by atoms with Crippen LogP contribution in [-0.4, -0.2) is 142 Å². The van der Waals surface area contributed by atoms with Gasteiger partial charge in [0, 0.05) is 51.3 Å². The van der Waals surface area contributed by atoms with Crippen molar-refractivity contribution in [2.24, 2.45) is 0 Å². The standard InChI is InChI=1S/C31H47F10NO16Si4/c1-9-23(43)47-14-17-51-60(6)55-59(5,56-61(7,52-18-15-48-24(44)10-2)58-62(8,57-60)53-19-16-49-25(45)11-3)20-12-13-42-26(46)27(4,32)50-22-28(33,31(39,40)41)54-30(37,38)21-29(34,35)36/h9-11H,1-3,12-22H2,4-8H3,(H,42,46). The van der Waals surface area contributed by atoms with Crippen LogP contribution >= 0.6 is 0 Å². The Labute approximate surface area is 353 Å². The highest BCUT2D eigenvalue weighted by atomic mass is 28.5. The van der Waals surface area contributed by atoms with Gasteiger partial charge in [0.15, 0.2) is 0 Å². The van der Waals surface area contributed by atoms with Crippen LogP contribution < -0.4 is 5.32 Å². The Morgan fingerprint density at radius 2 is 1.02 bits per heavy atom. The molecule has 0 radical (unpaired) electrons. The molecule has 0 aromatic carbocycles. The summed E-state index contributed by atoms with van der Waals surface area (Å²) in [5, 5.41) is 1.93. The van der Waals surface area contributed by atoms with Gasteiger partial charge in [-0.1, -0.05) is 19.7 Å². The van der Waals surface area contributed by atoms with Crippen molar-refractivity contribution in [2.45, 2.75) is 82.2 Å². The topological polar surface area (TPSA) is 191 Å². The van der Waals surface area contributed by atoms with E-state index in [9.17, 15) is 58.7 Å². The quantitative estimate of drug-likeness (QED) is 0.0301. The van der Waals surface area contributed by atoms with Crippen molar-refractivity contribution < 1.29 is 117 Å². The molecule has 17 nitrogen and oxygen atoms in total. The first-order valence-electron chi connectivity index (χ1n) is 17.8. The number of esters is 3. The van der Waals surface area contributed by atoms with E-state index >= 15 is 4.39 Å². The fraction of sp³-hybridized carbons (Fsp3) is 0.677. The van der Waals surface area contributed by atoms with E-state index < -0.39 is 109 Å². The maximum atomic E-state index is 15.2. The van der Waals surface area contributed by atoms with Gasteiger partial charge in [-0.15, -0.1) is 0 Å². The van der Waals surface area contributed by atoms with Crippen LogP contribution in [0.15, 0.2) is 38.0 Å². The van der Waals surface area contributed by atoms with E-state index in [0.29, 0.717) is 0 Å². The molecule has 0 bridgehead atoms. The Balaban J connectivity index is 3.33. The normalized spacial score (nSPS) is 25.5. The van der Waals surface area contributed by atoms with Gasteiger partial charge in [-0.3, -0.25) is 9.53 Å². The molecule has 4 unspecified atom stereocenters. The van der Waals surface area contributed by atoms with E-state index in [2.05, 4.69) is 29.2 Å². The van der Waals surface area contributed by atoms with Crippen LogP contribution in [0.5, 0.6) is 0 Å². The maximum absolute atomic E-state index is 15.2. The third kappa shape index (κ3) is 20.6. The summed E-state index contributed by atoms with van der Waals surface area (Å²) < 4.78 is 199. The van der Waals surface area contributed by atoms with Gasteiger partial charge in [0.2, 0.25) is 0 Å². The first-order valence-corrected chi connectivity index (χ1v) is 27.0. The molecule has 0 saturated carbocycles. The van der Waals surface area contributed by atoms with Gasteiger partial charge in [0.1, 0.15) is 32.8 Å². The third-order valence-corrected chi connectivity index (χ3v) is 23.1. The Kier molecular flexibility index (Phi) is 21.3. The summed E-state index contributed by atoms with van der Waals surface area (Å²) in [6.45, 7) is 10.3. The highest BCUT2D eigenvalue weighted by molar-refractivity contribution is 6.89. The van der Waals surface area contributed by atoms with Crippen LogP contribution in [0.2, 0.25) is 32.2 Å². The molecule has 0 aliphatic carbocycles. The molecule has 0 spiro atoms. The minimum Gasteiger partial charge on any atom is -0.460 e. The number of carbonyl (C=O) groups excluding carboxylic acids is 4. The van der Waals surface area contributed by atoms with E-state index in [0.717, 1.165) is 18.2 Å². The summed E-state index contributed by atoms with van der Waals surface area (Å²) in [5.74, 6) is -13.9. The van der Waals surface area contributed by atoms with Gasteiger partial charge in [-0.2, -0.15) is 39.5 Å². The Bertz CT molecular complexity index is 1520. The van der Waals surface area contributed by atoms with Crippen LogP contribution in [0.1, 0.15) is 19.8 Å². The molecule has 62 heavy (non-hydrogen) atoms. The second kappa shape index (κ2) is 23.2. The van der Waals surface area contributed by atoms with E-state index in [1.807, 2.05) is 5.32 Å². The van der Waals surface area contributed by atoms with Crippen molar-refractivity contribution in [3.63, 3.8) is 0 Å². The number of amides is 1. The van der Waals surface area contributed by atoms with E-state index in [1.165, 1.54) is 26.2 Å². The van der Waals surface area contributed by atoms with E-state index in [4.69, 9.17) is 43.9 Å². The molecule has 358 valence electrons. The zero-order chi connectivity index (χ0) is 47.9. The Hall–Kier alpha value is -3.09. The second-order valence-electron chi connectivity index (χ2n) is 13.1.